The topological polar surface area (TPSA) is 33.1 Å². The summed E-state index contributed by atoms with van der Waals surface area (Å²) < 4.78 is 35.3. The number of rotatable bonds is 2. The van der Waals surface area contributed by atoms with Gasteiger partial charge in [-0.15, -0.1) is 11.3 Å². The lowest BCUT2D eigenvalue weighted by Gasteiger charge is -2.12. The van der Waals surface area contributed by atoms with E-state index in [1.807, 2.05) is 0 Å². The maximum Gasteiger partial charge on any atom is 0.414 e. The monoisotopic (exact) mass is 197 g/mol. The number of halogens is 3. The summed E-state index contributed by atoms with van der Waals surface area (Å²) >= 11 is 1.10. The van der Waals surface area contributed by atoms with E-state index in [0.717, 1.165) is 11.3 Å². The Morgan fingerprint density at radius 2 is 2.25 bits per heavy atom. The summed E-state index contributed by atoms with van der Waals surface area (Å²) in [6.07, 6.45) is -5.91. The molecule has 2 nitrogen and oxygen atoms in total. The molecule has 0 radical (unpaired) electrons. The molecule has 0 fully saturated rings. The van der Waals surface area contributed by atoms with E-state index in [4.69, 9.17) is 5.11 Å². The van der Waals surface area contributed by atoms with Crippen molar-refractivity contribution in [2.45, 2.75) is 18.7 Å². The Balaban J connectivity index is 2.53. The predicted molar refractivity (Wildman–Crippen MR) is 37.9 cm³/mol. The molecule has 0 spiro atoms. The van der Waals surface area contributed by atoms with Gasteiger partial charge in [-0.1, -0.05) is 0 Å². The number of hydrogen-bond donors (Lipinski definition) is 1. The summed E-state index contributed by atoms with van der Waals surface area (Å²) in [4.78, 5) is 4.03. The van der Waals surface area contributed by atoms with Crippen LogP contribution in [0.4, 0.5) is 13.2 Å². The van der Waals surface area contributed by atoms with Crippen molar-refractivity contribution < 1.29 is 18.3 Å². The van der Waals surface area contributed by atoms with Crippen molar-refractivity contribution in [3.8, 4) is 0 Å². The first-order valence-corrected chi connectivity index (χ1v) is 4.00. The molecule has 6 heteroatoms. The molecule has 0 amide bonds. The zero-order valence-electron chi connectivity index (χ0n) is 5.88. The number of hydrogen-bond acceptors (Lipinski definition) is 3. The van der Waals surface area contributed by atoms with Gasteiger partial charge in [-0.2, -0.15) is 13.2 Å². The first-order valence-electron chi connectivity index (χ1n) is 3.12. The standard InChI is InChI=1S/C6H6F3NOS/c7-6(8,9)5(11)1-4-2-10-3-12-4/h2-3,5,11H,1H2/t5-/m0/s1. The van der Waals surface area contributed by atoms with Gasteiger partial charge in [0.15, 0.2) is 6.10 Å². The maximum atomic E-state index is 11.8. The smallest absolute Gasteiger partial charge is 0.383 e. The van der Waals surface area contributed by atoms with Gasteiger partial charge in [-0.3, -0.25) is 4.98 Å². The molecule has 1 N–H and O–H groups in total. The molecule has 1 aromatic rings. The first-order chi connectivity index (χ1) is 5.50. The van der Waals surface area contributed by atoms with Gasteiger partial charge in [0, 0.05) is 17.5 Å². The third-order valence-corrected chi connectivity index (χ3v) is 2.06. The van der Waals surface area contributed by atoms with Crippen LogP contribution in [0.3, 0.4) is 0 Å². The molecule has 12 heavy (non-hydrogen) atoms. The summed E-state index contributed by atoms with van der Waals surface area (Å²) in [5.41, 5.74) is 1.43. The largest absolute Gasteiger partial charge is 0.414 e. The van der Waals surface area contributed by atoms with Gasteiger partial charge in [0.2, 0.25) is 0 Å². The van der Waals surface area contributed by atoms with Crippen LogP contribution in [0.1, 0.15) is 4.88 Å². The van der Waals surface area contributed by atoms with Crippen LogP contribution in [0, 0.1) is 0 Å². The van der Waals surface area contributed by atoms with Crippen molar-refractivity contribution in [3.05, 3.63) is 16.6 Å². The van der Waals surface area contributed by atoms with Gasteiger partial charge in [-0.05, 0) is 0 Å². The Hall–Kier alpha value is -0.620. The first kappa shape index (κ1) is 9.47. The van der Waals surface area contributed by atoms with E-state index in [0.29, 0.717) is 4.88 Å². The second-order valence-electron chi connectivity index (χ2n) is 2.23. The average molecular weight is 197 g/mol. The fourth-order valence-corrected chi connectivity index (χ4v) is 1.28. The Morgan fingerprint density at radius 1 is 1.58 bits per heavy atom. The summed E-state index contributed by atoms with van der Waals surface area (Å²) in [6, 6.07) is 0. The van der Waals surface area contributed by atoms with E-state index < -0.39 is 18.7 Å². The molecule has 0 aliphatic heterocycles. The van der Waals surface area contributed by atoms with Crippen LogP contribution in [0.5, 0.6) is 0 Å². The van der Waals surface area contributed by atoms with Crippen LogP contribution in [0.2, 0.25) is 0 Å². The highest BCUT2D eigenvalue weighted by molar-refractivity contribution is 7.09. The van der Waals surface area contributed by atoms with Crippen LogP contribution >= 0.6 is 11.3 Å². The van der Waals surface area contributed by atoms with Crippen molar-refractivity contribution in [2.75, 3.05) is 0 Å². The van der Waals surface area contributed by atoms with Gasteiger partial charge in [0.05, 0.1) is 5.51 Å². The second kappa shape index (κ2) is 3.40. The molecular weight excluding hydrogens is 191 g/mol. The minimum Gasteiger partial charge on any atom is -0.383 e. The molecule has 0 saturated carbocycles. The number of aromatic nitrogens is 1. The van der Waals surface area contributed by atoms with E-state index in [2.05, 4.69) is 4.98 Å². The number of aliphatic hydroxyl groups excluding tert-OH is 1. The molecule has 0 aliphatic rings. The highest BCUT2D eigenvalue weighted by atomic mass is 32.1. The molecule has 0 aliphatic carbocycles. The third-order valence-electron chi connectivity index (χ3n) is 1.26. The molecule has 1 atom stereocenters. The van der Waals surface area contributed by atoms with Crippen molar-refractivity contribution in [1.29, 1.82) is 0 Å². The maximum absolute atomic E-state index is 11.8. The minimum atomic E-state index is -4.54. The molecule has 0 bridgehead atoms. The van der Waals surface area contributed by atoms with E-state index >= 15 is 0 Å². The SMILES string of the molecule is O[C@@H](Cc1cncs1)C(F)(F)F. The lowest BCUT2D eigenvalue weighted by molar-refractivity contribution is -0.202. The quantitative estimate of drug-likeness (QED) is 0.781. The van der Waals surface area contributed by atoms with Crippen molar-refractivity contribution >= 4 is 11.3 Å². The molecule has 1 rings (SSSR count). The molecular formula is C6H6F3NOS. The van der Waals surface area contributed by atoms with Crippen molar-refractivity contribution in [2.24, 2.45) is 0 Å². The van der Waals surface area contributed by atoms with Crippen molar-refractivity contribution in [3.63, 3.8) is 0 Å². The Labute approximate surface area is 70.7 Å². The second-order valence-corrected chi connectivity index (χ2v) is 3.20. The fourth-order valence-electron chi connectivity index (χ4n) is 0.649. The van der Waals surface area contributed by atoms with Crippen LogP contribution < -0.4 is 0 Å². The van der Waals surface area contributed by atoms with E-state index in [-0.39, 0.29) is 0 Å². The summed E-state index contributed by atoms with van der Waals surface area (Å²) in [5.74, 6) is 0. The molecule has 1 aromatic heterocycles. The summed E-state index contributed by atoms with van der Waals surface area (Å²) in [7, 11) is 0. The Bertz CT molecular complexity index is 233. The van der Waals surface area contributed by atoms with Crippen LogP contribution in [0.25, 0.3) is 0 Å². The number of nitrogens with zero attached hydrogens (tertiary/aromatic N) is 1. The summed E-state index contributed by atoms with van der Waals surface area (Å²) in [6.45, 7) is 0. The van der Waals surface area contributed by atoms with E-state index in [1.54, 1.807) is 0 Å². The zero-order chi connectivity index (χ0) is 9.19. The van der Waals surface area contributed by atoms with Gasteiger partial charge in [0.25, 0.3) is 0 Å². The fraction of sp³-hybridized carbons (Fsp3) is 0.500. The van der Waals surface area contributed by atoms with Crippen LogP contribution in [-0.2, 0) is 6.42 Å². The molecule has 68 valence electrons. The van der Waals surface area contributed by atoms with Gasteiger partial charge >= 0.3 is 6.18 Å². The van der Waals surface area contributed by atoms with E-state index in [1.165, 1.54) is 11.7 Å². The van der Waals surface area contributed by atoms with Gasteiger partial charge in [0.1, 0.15) is 0 Å². The summed E-state index contributed by atoms with van der Waals surface area (Å²) in [5, 5.41) is 8.61. The zero-order valence-corrected chi connectivity index (χ0v) is 6.69. The predicted octanol–water partition coefficient (Wildman–Crippen LogP) is 1.61. The van der Waals surface area contributed by atoms with Crippen molar-refractivity contribution in [1.82, 2.24) is 4.98 Å². The molecule has 0 saturated heterocycles. The number of thiazole rings is 1. The number of alkyl halides is 3. The lowest BCUT2D eigenvalue weighted by Crippen LogP contribution is -2.30. The third kappa shape index (κ3) is 2.46. The molecule has 0 aromatic carbocycles. The average Bonchev–Trinajstić information content (AvgIpc) is 2.37. The number of aliphatic hydroxyl groups is 1. The lowest BCUT2D eigenvalue weighted by atomic mass is 10.2. The van der Waals surface area contributed by atoms with Gasteiger partial charge in [-0.25, -0.2) is 0 Å². The molecule has 0 unspecified atom stereocenters. The molecule has 1 heterocycles. The normalized spacial score (nSPS) is 14.7. The Kier molecular flexibility index (Phi) is 2.69. The van der Waals surface area contributed by atoms with Gasteiger partial charge < -0.3 is 5.11 Å². The Morgan fingerprint density at radius 3 is 2.67 bits per heavy atom. The van der Waals surface area contributed by atoms with Crippen LogP contribution in [0.15, 0.2) is 11.7 Å². The highest BCUT2D eigenvalue weighted by Crippen LogP contribution is 2.23. The highest BCUT2D eigenvalue weighted by Gasteiger charge is 2.38. The minimum absolute atomic E-state index is 0.409. The van der Waals surface area contributed by atoms with E-state index in [9.17, 15) is 13.2 Å². The van der Waals surface area contributed by atoms with Crippen LogP contribution in [-0.4, -0.2) is 22.4 Å².